The molecule has 0 bridgehead atoms. The van der Waals surface area contributed by atoms with Gasteiger partial charge in [-0.25, -0.2) is 0 Å². The van der Waals surface area contributed by atoms with Crippen molar-refractivity contribution in [1.29, 1.82) is 0 Å². The lowest BCUT2D eigenvalue weighted by molar-refractivity contribution is -0.173. The van der Waals surface area contributed by atoms with Gasteiger partial charge in [0.05, 0.1) is 0 Å². The van der Waals surface area contributed by atoms with Crippen LogP contribution in [0.3, 0.4) is 0 Å². The summed E-state index contributed by atoms with van der Waals surface area (Å²) in [5, 5.41) is 4.98. The van der Waals surface area contributed by atoms with Gasteiger partial charge in [0.25, 0.3) is 0 Å². The van der Waals surface area contributed by atoms with E-state index in [2.05, 4.69) is 5.32 Å². The molecular formula is C8H13F3N2O. The summed E-state index contributed by atoms with van der Waals surface area (Å²) < 4.78 is 35.2. The van der Waals surface area contributed by atoms with Crippen molar-refractivity contribution in [2.75, 3.05) is 13.1 Å². The number of hydrogen-bond donors (Lipinski definition) is 2. The Morgan fingerprint density at radius 2 is 2.21 bits per heavy atom. The largest absolute Gasteiger partial charge is 0.471 e. The van der Waals surface area contributed by atoms with Crippen molar-refractivity contribution < 1.29 is 18.0 Å². The lowest BCUT2D eigenvalue weighted by Crippen LogP contribution is -2.38. The van der Waals surface area contributed by atoms with Crippen molar-refractivity contribution in [3.05, 3.63) is 0 Å². The van der Waals surface area contributed by atoms with Gasteiger partial charge in [-0.15, -0.1) is 0 Å². The van der Waals surface area contributed by atoms with Gasteiger partial charge in [-0.1, -0.05) is 0 Å². The second kappa shape index (κ2) is 4.63. The molecule has 0 aromatic heterocycles. The summed E-state index contributed by atoms with van der Waals surface area (Å²) in [5.74, 6) is -1.85. The van der Waals surface area contributed by atoms with Crippen LogP contribution in [0, 0.1) is 0 Å². The molecule has 0 aromatic rings. The second-order valence-electron chi connectivity index (χ2n) is 3.34. The van der Waals surface area contributed by atoms with E-state index in [0.29, 0.717) is 6.42 Å². The molecule has 0 saturated carbocycles. The van der Waals surface area contributed by atoms with E-state index in [4.69, 9.17) is 0 Å². The van der Waals surface area contributed by atoms with Gasteiger partial charge in [-0.05, 0) is 25.8 Å². The second-order valence-corrected chi connectivity index (χ2v) is 3.34. The summed E-state index contributed by atoms with van der Waals surface area (Å²) in [7, 11) is 0. The van der Waals surface area contributed by atoms with Gasteiger partial charge in [0.2, 0.25) is 0 Å². The Morgan fingerprint density at radius 3 is 2.71 bits per heavy atom. The average Bonchev–Trinajstić information content (AvgIpc) is 2.55. The Balaban J connectivity index is 2.11. The molecule has 2 N–H and O–H groups in total. The maximum absolute atomic E-state index is 11.7. The lowest BCUT2D eigenvalue weighted by atomic mass is 10.1. The van der Waals surface area contributed by atoms with E-state index in [9.17, 15) is 18.0 Å². The predicted octanol–water partition coefficient (Wildman–Crippen LogP) is 0.807. The van der Waals surface area contributed by atoms with E-state index < -0.39 is 12.1 Å². The zero-order valence-corrected chi connectivity index (χ0v) is 7.66. The maximum atomic E-state index is 11.7. The Hall–Kier alpha value is -0.780. The molecular weight excluding hydrogens is 197 g/mol. The summed E-state index contributed by atoms with van der Waals surface area (Å²) in [6.07, 6.45) is -2.18. The number of hydrogen-bond acceptors (Lipinski definition) is 2. The molecule has 0 aromatic carbocycles. The monoisotopic (exact) mass is 210 g/mol. The summed E-state index contributed by atoms with van der Waals surface area (Å²) in [4.78, 5) is 10.4. The fourth-order valence-electron chi connectivity index (χ4n) is 1.46. The first-order valence-electron chi connectivity index (χ1n) is 4.58. The molecule has 0 unspecified atom stereocenters. The van der Waals surface area contributed by atoms with Crippen molar-refractivity contribution >= 4 is 5.91 Å². The van der Waals surface area contributed by atoms with Crippen molar-refractivity contribution in [3.63, 3.8) is 0 Å². The van der Waals surface area contributed by atoms with Crippen molar-refractivity contribution in [3.8, 4) is 0 Å². The molecule has 3 nitrogen and oxygen atoms in total. The summed E-state index contributed by atoms with van der Waals surface area (Å²) in [6.45, 7) is 0.994. The molecule has 0 radical (unpaired) electrons. The van der Waals surface area contributed by atoms with Crippen molar-refractivity contribution in [2.24, 2.45) is 0 Å². The van der Waals surface area contributed by atoms with Crippen molar-refractivity contribution in [1.82, 2.24) is 10.6 Å². The highest BCUT2D eigenvalue weighted by Gasteiger charge is 2.38. The van der Waals surface area contributed by atoms with Gasteiger partial charge in [0.15, 0.2) is 0 Å². The van der Waals surface area contributed by atoms with Crippen LogP contribution in [-0.2, 0) is 4.79 Å². The highest BCUT2D eigenvalue weighted by atomic mass is 19.4. The van der Waals surface area contributed by atoms with Crippen LogP contribution in [0.4, 0.5) is 13.2 Å². The van der Waals surface area contributed by atoms with Gasteiger partial charge in [0, 0.05) is 12.6 Å². The number of nitrogens with one attached hydrogen (secondary N) is 2. The van der Waals surface area contributed by atoms with Crippen LogP contribution in [-0.4, -0.2) is 31.2 Å². The Bertz CT molecular complexity index is 199. The molecule has 0 spiro atoms. The average molecular weight is 210 g/mol. The quantitative estimate of drug-likeness (QED) is 0.723. The van der Waals surface area contributed by atoms with E-state index in [0.717, 1.165) is 19.4 Å². The number of rotatable bonds is 3. The highest BCUT2D eigenvalue weighted by Crippen LogP contribution is 2.14. The SMILES string of the molecule is O=C(NCC[C@@H]1CCCN1)C(F)(F)F. The molecule has 0 aliphatic carbocycles. The number of amides is 1. The first kappa shape index (κ1) is 11.3. The molecule has 1 aliphatic heterocycles. The van der Waals surface area contributed by atoms with Crippen LogP contribution in [0.25, 0.3) is 0 Å². The molecule has 1 heterocycles. The first-order chi connectivity index (χ1) is 6.50. The fraction of sp³-hybridized carbons (Fsp3) is 0.875. The third-order valence-electron chi connectivity index (χ3n) is 2.20. The van der Waals surface area contributed by atoms with E-state index in [1.807, 2.05) is 5.32 Å². The third-order valence-corrected chi connectivity index (χ3v) is 2.20. The third kappa shape index (κ3) is 3.53. The topological polar surface area (TPSA) is 41.1 Å². The molecule has 1 atom stereocenters. The van der Waals surface area contributed by atoms with Crippen LogP contribution >= 0.6 is 0 Å². The maximum Gasteiger partial charge on any atom is 0.471 e. The number of carbonyl (C=O) groups excluding carboxylic acids is 1. The number of halogens is 3. The van der Waals surface area contributed by atoms with E-state index in [-0.39, 0.29) is 12.6 Å². The Morgan fingerprint density at radius 1 is 1.50 bits per heavy atom. The smallest absolute Gasteiger partial charge is 0.348 e. The molecule has 82 valence electrons. The van der Waals surface area contributed by atoms with Crippen LogP contribution in [0.15, 0.2) is 0 Å². The molecule has 1 amide bonds. The predicted molar refractivity (Wildman–Crippen MR) is 44.7 cm³/mol. The zero-order chi connectivity index (χ0) is 10.6. The minimum absolute atomic E-state index is 0.0794. The first-order valence-corrected chi connectivity index (χ1v) is 4.58. The van der Waals surface area contributed by atoms with E-state index in [1.54, 1.807) is 0 Å². The van der Waals surface area contributed by atoms with Crippen LogP contribution in [0.2, 0.25) is 0 Å². The number of alkyl halides is 3. The number of carbonyl (C=O) groups is 1. The molecule has 1 rings (SSSR count). The van der Waals surface area contributed by atoms with Gasteiger partial charge in [-0.3, -0.25) is 4.79 Å². The summed E-state index contributed by atoms with van der Waals surface area (Å²) in [5.41, 5.74) is 0. The molecule has 1 fully saturated rings. The van der Waals surface area contributed by atoms with Crippen molar-refractivity contribution in [2.45, 2.75) is 31.5 Å². The van der Waals surface area contributed by atoms with Crippen LogP contribution in [0.5, 0.6) is 0 Å². The molecule has 6 heteroatoms. The van der Waals surface area contributed by atoms with E-state index in [1.165, 1.54) is 0 Å². The van der Waals surface area contributed by atoms with Gasteiger partial charge >= 0.3 is 12.1 Å². The zero-order valence-electron chi connectivity index (χ0n) is 7.66. The summed E-state index contributed by atoms with van der Waals surface area (Å²) >= 11 is 0. The molecule has 1 saturated heterocycles. The molecule has 14 heavy (non-hydrogen) atoms. The van der Waals surface area contributed by atoms with Crippen LogP contribution in [0.1, 0.15) is 19.3 Å². The minimum atomic E-state index is -4.76. The van der Waals surface area contributed by atoms with Gasteiger partial charge in [0.1, 0.15) is 0 Å². The highest BCUT2D eigenvalue weighted by molar-refractivity contribution is 5.81. The normalized spacial score (nSPS) is 22.4. The fourth-order valence-corrected chi connectivity index (χ4v) is 1.46. The lowest BCUT2D eigenvalue weighted by Gasteiger charge is -2.11. The Labute approximate surface area is 80.0 Å². The molecule has 1 aliphatic rings. The van der Waals surface area contributed by atoms with Gasteiger partial charge in [-0.2, -0.15) is 13.2 Å². The van der Waals surface area contributed by atoms with Gasteiger partial charge < -0.3 is 10.6 Å². The standard InChI is InChI=1S/C8H13F3N2O/c9-8(10,11)7(14)13-5-3-6-2-1-4-12-6/h6,12H,1-5H2,(H,13,14)/t6-/m0/s1. The van der Waals surface area contributed by atoms with Crippen LogP contribution < -0.4 is 10.6 Å². The Kier molecular flexibility index (Phi) is 3.74. The summed E-state index contributed by atoms with van der Waals surface area (Å²) in [6, 6.07) is 0.253. The van der Waals surface area contributed by atoms with E-state index >= 15 is 0 Å². The minimum Gasteiger partial charge on any atom is -0.348 e.